The zero-order chi connectivity index (χ0) is 18.4. The molecule has 7 heteroatoms. The maximum Gasteiger partial charge on any atom is 0.226 e. The number of aromatic nitrogens is 3. The fraction of sp³-hybridized carbons (Fsp3) is 0.316. The first kappa shape index (κ1) is 17.7. The molecule has 1 aromatic carbocycles. The molecule has 7 nitrogen and oxygen atoms in total. The SMILES string of the molecule is CCCCNc1nc(N)ncc1OCc1nc(-c2ccccc2)oc1C. The van der Waals surface area contributed by atoms with Gasteiger partial charge >= 0.3 is 0 Å². The van der Waals surface area contributed by atoms with Gasteiger partial charge < -0.3 is 20.2 Å². The summed E-state index contributed by atoms with van der Waals surface area (Å²) in [6.07, 6.45) is 3.69. The Bertz CT molecular complexity index is 848. The van der Waals surface area contributed by atoms with E-state index in [1.165, 1.54) is 0 Å². The average Bonchev–Trinajstić information content (AvgIpc) is 3.03. The van der Waals surface area contributed by atoms with Crippen molar-refractivity contribution in [2.45, 2.75) is 33.3 Å². The molecule has 2 aromatic heterocycles. The number of nitrogen functional groups attached to an aromatic ring is 1. The van der Waals surface area contributed by atoms with Gasteiger partial charge in [0.05, 0.1) is 6.20 Å². The molecule has 136 valence electrons. The third kappa shape index (κ3) is 4.30. The van der Waals surface area contributed by atoms with Crippen LogP contribution in [-0.2, 0) is 6.61 Å². The smallest absolute Gasteiger partial charge is 0.226 e. The number of aryl methyl sites for hydroxylation is 1. The molecule has 0 spiro atoms. The average molecular weight is 353 g/mol. The summed E-state index contributed by atoms with van der Waals surface area (Å²) in [6.45, 7) is 5.06. The lowest BCUT2D eigenvalue weighted by molar-refractivity contribution is 0.298. The number of ether oxygens (including phenoxy) is 1. The van der Waals surface area contributed by atoms with Gasteiger partial charge in [-0.1, -0.05) is 31.5 Å². The number of oxazole rings is 1. The van der Waals surface area contributed by atoms with Crippen molar-refractivity contribution in [1.29, 1.82) is 0 Å². The number of hydrogen-bond donors (Lipinski definition) is 2. The van der Waals surface area contributed by atoms with Gasteiger partial charge in [0.2, 0.25) is 11.8 Å². The molecule has 0 radical (unpaired) electrons. The maximum atomic E-state index is 5.87. The lowest BCUT2D eigenvalue weighted by Crippen LogP contribution is -2.09. The Morgan fingerprint density at radius 2 is 2.00 bits per heavy atom. The molecule has 0 aliphatic rings. The minimum Gasteiger partial charge on any atom is -0.482 e. The van der Waals surface area contributed by atoms with E-state index in [9.17, 15) is 0 Å². The van der Waals surface area contributed by atoms with Crippen LogP contribution in [0.1, 0.15) is 31.2 Å². The number of anilines is 2. The van der Waals surface area contributed by atoms with E-state index in [0.717, 1.165) is 36.4 Å². The Morgan fingerprint density at radius 1 is 1.19 bits per heavy atom. The Kier molecular flexibility index (Phi) is 5.68. The quantitative estimate of drug-likeness (QED) is 0.594. The van der Waals surface area contributed by atoms with Gasteiger partial charge in [-0.05, 0) is 25.5 Å². The molecular weight excluding hydrogens is 330 g/mol. The van der Waals surface area contributed by atoms with E-state index in [-0.39, 0.29) is 12.6 Å². The highest BCUT2D eigenvalue weighted by atomic mass is 16.5. The highest BCUT2D eigenvalue weighted by Gasteiger charge is 2.14. The van der Waals surface area contributed by atoms with Crippen LogP contribution >= 0.6 is 0 Å². The molecule has 0 aliphatic carbocycles. The van der Waals surface area contributed by atoms with Crippen molar-refractivity contribution in [1.82, 2.24) is 15.0 Å². The first-order chi connectivity index (χ1) is 12.7. The second-order valence-corrected chi connectivity index (χ2v) is 5.90. The van der Waals surface area contributed by atoms with Gasteiger partial charge in [-0.25, -0.2) is 9.97 Å². The van der Waals surface area contributed by atoms with Crippen molar-refractivity contribution >= 4 is 11.8 Å². The molecule has 3 N–H and O–H groups in total. The van der Waals surface area contributed by atoms with Crippen LogP contribution in [0.25, 0.3) is 11.5 Å². The van der Waals surface area contributed by atoms with Crippen LogP contribution in [0.15, 0.2) is 40.9 Å². The summed E-state index contributed by atoms with van der Waals surface area (Å²) in [4.78, 5) is 12.8. The van der Waals surface area contributed by atoms with Gasteiger partial charge in [0.15, 0.2) is 11.6 Å². The Morgan fingerprint density at radius 3 is 2.77 bits per heavy atom. The largest absolute Gasteiger partial charge is 0.482 e. The first-order valence-electron chi connectivity index (χ1n) is 8.68. The van der Waals surface area contributed by atoms with Gasteiger partial charge in [-0.2, -0.15) is 4.98 Å². The molecule has 3 rings (SSSR count). The second-order valence-electron chi connectivity index (χ2n) is 5.90. The molecule has 0 saturated heterocycles. The minimum absolute atomic E-state index is 0.209. The van der Waals surface area contributed by atoms with E-state index in [1.807, 2.05) is 37.3 Å². The molecule has 0 bridgehead atoms. The van der Waals surface area contributed by atoms with Crippen molar-refractivity contribution in [2.75, 3.05) is 17.6 Å². The zero-order valence-electron chi connectivity index (χ0n) is 15.0. The predicted molar refractivity (Wildman–Crippen MR) is 101 cm³/mol. The first-order valence-corrected chi connectivity index (χ1v) is 8.68. The van der Waals surface area contributed by atoms with E-state index in [0.29, 0.717) is 17.5 Å². The van der Waals surface area contributed by atoms with Crippen molar-refractivity contribution in [3.05, 3.63) is 48.0 Å². The number of nitrogens with one attached hydrogen (secondary N) is 1. The van der Waals surface area contributed by atoms with Crippen LogP contribution in [0.5, 0.6) is 5.75 Å². The van der Waals surface area contributed by atoms with Crippen LogP contribution in [0, 0.1) is 6.92 Å². The monoisotopic (exact) mass is 353 g/mol. The normalized spacial score (nSPS) is 10.7. The van der Waals surface area contributed by atoms with E-state index >= 15 is 0 Å². The van der Waals surface area contributed by atoms with Gasteiger partial charge in [0.1, 0.15) is 18.1 Å². The zero-order valence-corrected chi connectivity index (χ0v) is 15.0. The number of benzene rings is 1. The van der Waals surface area contributed by atoms with Gasteiger partial charge in [0, 0.05) is 12.1 Å². The van der Waals surface area contributed by atoms with Gasteiger partial charge in [-0.15, -0.1) is 0 Å². The molecular formula is C19H23N5O2. The lowest BCUT2D eigenvalue weighted by atomic mass is 10.2. The van der Waals surface area contributed by atoms with Crippen LogP contribution < -0.4 is 15.8 Å². The van der Waals surface area contributed by atoms with Crippen LogP contribution in [0.2, 0.25) is 0 Å². The lowest BCUT2D eigenvalue weighted by Gasteiger charge is -2.11. The van der Waals surface area contributed by atoms with E-state index in [1.54, 1.807) is 6.20 Å². The fourth-order valence-electron chi connectivity index (χ4n) is 2.41. The minimum atomic E-state index is 0.209. The molecule has 0 aliphatic heterocycles. The highest BCUT2D eigenvalue weighted by Crippen LogP contribution is 2.25. The predicted octanol–water partition coefficient (Wildman–Crippen LogP) is 3.81. The number of rotatable bonds is 8. The van der Waals surface area contributed by atoms with Crippen molar-refractivity contribution < 1.29 is 9.15 Å². The van der Waals surface area contributed by atoms with Gasteiger partial charge in [-0.3, -0.25) is 0 Å². The third-order valence-corrected chi connectivity index (χ3v) is 3.87. The summed E-state index contributed by atoms with van der Waals surface area (Å²) in [5.74, 6) is 2.65. The molecule has 0 unspecified atom stereocenters. The van der Waals surface area contributed by atoms with Crippen molar-refractivity contribution in [3.63, 3.8) is 0 Å². The number of nitrogens with zero attached hydrogens (tertiary/aromatic N) is 3. The molecule has 0 amide bonds. The summed E-state index contributed by atoms with van der Waals surface area (Å²) in [6, 6.07) is 9.77. The Hall–Kier alpha value is -3.09. The Balaban J connectivity index is 1.72. The molecule has 0 fully saturated rings. The molecule has 2 heterocycles. The summed E-state index contributed by atoms with van der Waals surface area (Å²) >= 11 is 0. The molecule has 0 atom stereocenters. The van der Waals surface area contributed by atoms with Crippen molar-refractivity contribution in [3.8, 4) is 17.2 Å². The van der Waals surface area contributed by atoms with E-state index < -0.39 is 0 Å². The number of hydrogen-bond acceptors (Lipinski definition) is 7. The molecule has 0 saturated carbocycles. The third-order valence-electron chi connectivity index (χ3n) is 3.87. The standard InChI is InChI=1S/C19H23N5O2/c1-3-4-10-21-17-16(11-22-19(20)24-17)25-12-15-13(2)26-18(23-15)14-8-6-5-7-9-14/h5-9,11H,3-4,10,12H2,1-2H3,(H3,20,21,22,24). The molecule has 3 aromatic rings. The van der Waals surface area contributed by atoms with Crippen LogP contribution in [0.4, 0.5) is 11.8 Å². The van der Waals surface area contributed by atoms with Crippen LogP contribution in [0.3, 0.4) is 0 Å². The van der Waals surface area contributed by atoms with Gasteiger partial charge in [0.25, 0.3) is 0 Å². The molecule has 26 heavy (non-hydrogen) atoms. The summed E-state index contributed by atoms with van der Waals surface area (Å²) in [5, 5.41) is 3.24. The summed E-state index contributed by atoms with van der Waals surface area (Å²) < 4.78 is 11.6. The van der Waals surface area contributed by atoms with E-state index in [4.69, 9.17) is 14.9 Å². The number of unbranched alkanes of at least 4 members (excludes halogenated alkanes) is 1. The summed E-state index contributed by atoms with van der Waals surface area (Å²) in [5.41, 5.74) is 7.35. The Labute approximate surface area is 152 Å². The topological polar surface area (TPSA) is 99.1 Å². The van der Waals surface area contributed by atoms with E-state index in [2.05, 4.69) is 27.2 Å². The fourth-order valence-corrected chi connectivity index (χ4v) is 2.41. The highest BCUT2D eigenvalue weighted by molar-refractivity contribution is 5.53. The number of nitrogens with two attached hydrogens (primary N) is 1. The van der Waals surface area contributed by atoms with Crippen molar-refractivity contribution in [2.24, 2.45) is 0 Å². The maximum absolute atomic E-state index is 5.87. The van der Waals surface area contributed by atoms with Crippen LogP contribution in [-0.4, -0.2) is 21.5 Å². The second kappa shape index (κ2) is 8.33. The summed E-state index contributed by atoms with van der Waals surface area (Å²) in [7, 11) is 0.